The first-order chi connectivity index (χ1) is 3.48. The quantitative estimate of drug-likeness (QED) is 0.509. The van der Waals surface area contributed by atoms with E-state index in [1.54, 1.807) is 0 Å². The Bertz CT molecular complexity index is 122. The summed E-state index contributed by atoms with van der Waals surface area (Å²) in [6.07, 6.45) is 0. The zero-order valence-corrected chi connectivity index (χ0v) is 5.78. The fourth-order valence-corrected chi connectivity index (χ4v) is 0.228. The van der Waals surface area contributed by atoms with Gasteiger partial charge in [0.25, 0.3) is 0 Å². The number of nitrogens with two attached hydrogens (primary N) is 1. The van der Waals surface area contributed by atoms with Gasteiger partial charge in [0.1, 0.15) is 0 Å². The Labute approximate surface area is 50.9 Å². The first-order valence-corrected chi connectivity index (χ1v) is 2.64. The molecule has 0 bridgehead atoms. The van der Waals surface area contributed by atoms with Crippen molar-refractivity contribution >= 4 is 0 Å². The molecular formula is C7H13N. The highest BCUT2D eigenvalue weighted by Gasteiger charge is 2.10. The minimum atomic E-state index is -0.248. The topological polar surface area (TPSA) is 26.0 Å². The molecule has 46 valence electrons. The highest BCUT2D eigenvalue weighted by atomic mass is 14.7. The second-order valence-electron chi connectivity index (χ2n) is 2.52. The summed E-state index contributed by atoms with van der Waals surface area (Å²) in [5, 5.41) is 0. The Morgan fingerprint density at radius 3 is 2.00 bits per heavy atom. The molecule has 0 aromatic carbocycles. The molecule has 1 nitrogen and oxygen atoms in total. The van der Waals surface area contributed by atoms with E-state index in [0.29, 0.717) is 0 Å². The summed E-state index contributed by atoms with van der Waals surface area (Å²) in [6, 6.07) is 0. The van der Waals surface area contributed by atoms with E-state index in [4.69, 9.17) is 5.73 Å². The van der Waals surface area contributed by atoms with Crippen LogP contribution in [0.1, 0.15) is 20.8 Å². The van der Waals surface area contributed by atoms with Crippen molar-refractivity contribution in [3.05, 3.63) is 17.9 Å². The lowest BCUT2D eigenvalue weighted by molar-refractivity contribution is 0.613. The molecule has 0 aliphatic heterocycles. The minimum Gasteiger partial charge on any atom is -0.322 e. The monoisotopic (exact) mass is 111 g/mol. The summed E-state index contributed by atoms with van der Waals surface area (Å²) in [5.41, 5.74) is 9.15. The second kappa shape index (κ2) is 2.17. The minimum absolute atomic E-state index is 0.248. The van der Waals surface area contributed by atoms with Gasteiger partial charge in [0.05, 0.1) is 0 Å². The van der Waals surface area contributed by atoms with E-state index in [0.717, 1.165) is 5.57 Å². The van der Waals surface area contributed by atoms with E-state index in [9.17, 15) is 0 Å². The maximum absolute atomic E-state index is 5.65. The Hall–Kier alpha value is -0.520. The summed E-state index contributed by atoms with van der Waals surface area (Å²) in [5.74, 6) is 0. The molecule has 0 heterocycles. The van der Waals surface area contributed by atoms with Crippen LogP contribution < -0.4 is 5.73 Å². The maximum Gasteiger partial charge on any atom is 0.0384 e. The lowest BCUT2D eigenvalue weighted by Crippen LogP contribution is -2.32. The first-order valence-electron chi connectivity index (χ1n) is 2.64. The summed E-state index contributed by atoms with van der Waals surface area (Å²) in [6.45, 7) is 9.27. The second-order valence-corrected chi connectivity index (χ2v) is 2.52. The van der Waals surface area contributed by atoms with Gasteiger partial charge >= 0.3 is 0 Å². The molecule has 0 aromatic rings. The van der Waals surface area contributed by atoms with Gasteiger partial charge in [-0.3, -0.25) is 0 Å². The van der Waals surface area contributed by atoms with Gasteiger partial charge in [-0.2, -0.15) is 0 Å². The van der Waals surface area contributed by atoms with Crippen molar-refractivity contribution in [1.29, 1.82) is 0 Å². The third kappa shape index (κ3) is 1.97. The fraction of sp³-hybridized carbons (Fsp3) is 0.571. The third-order valence-electron chi connectivity index (χ3n) is 1.23. The third-order valence-corrected chi connectivity index (χ3v) is 1.23. The van der Waals surface area contributed by atoms with Crippen molar-refractivity contribution in [2.45, 2.75) is 26.3 Å². The Kier molecular flexibility index (Phi) is 2.02. The first kappa shape index (κ1) is 7.48. The predicted octanol–water partition coefficient (Wildman–Crippen LogP) is 1.45. The van der Waals surface area contributed by atoms with E-state index in [1.165, 1.54) is 0 Å². The van der Waals surface area contributed by atoms with Gasteiger partial charge in [-0.15, -0.1) is 5.73 Å². The standard InChI is InChI=1S/C7H13N/c1-5-6(2)7(3,4)8/h1,8H2,2-4H3. The van der Waals surface area contributed by atoms with Crippen molar-refractivity contribution < 1.29 is 0 Å². The molecule has 0 fully saturated rings. The van der Waals surface area contributed by atoms with E-state index < -0.39 is 0 Å². The Morgan fingerprint density at radius 2 is 2.00 bits per heavy atom. The van der Waals surface area contributed by atoms with Crippen LogP contribution in [0, 0.1) is 0 Å². The van der Waals surface area contributed by atoms with Crippen LogP contribution in [0.4, 0.5) is 0 Å². The smallest absolute Gasteiger partial charge is 0.0384 e. The van der Waals surface area contributed by atoms with Crippen molar-refractivity contribution in [1.82, 2.24) is 0 Å². The Morgan fingerprint density at radius 1 is 1.62 bits per heavy atom. The Balaban J connectivity index is 4.26. The normalized spacial score (nSPS) is 10.5. The molecule has 8 heavy (non-hydrogen) atoms. The van der Waals surface area contributed by atoms with Crippen molar-refractivity contribution in [2.75, 3.05) is 0 Å². The summed E-state index contributed by atoms with van der Waals surface area (Å²) in [4.78, 5) is 0. The molecule has 0 saturated heterocycles. The molecule has 0 aliphatic carbocycles. The predicted molar refractivity (Wildman–Crippen MR) is 36.6 cm³/mol. The summed E-state index contributed by atoms with van der Waals surface area (Å²) >= 11 is 0. The highest BCUT2D eigenvalue weighted by molar-refractivity contribution is 5.10. The molecule has 0 aliphatic rings. The molecule has 0 aromatic heterocycles. The number of rotatable bonds is 1. The maximum atomic E-state index is 5.65. The molecule has 1 heteroatoms. The van der Waals surface area contributed by atoms with E-state index in [1.807, 2.05) is 20.8 Å². The zero-order valence-electron chi connectivity index (χ0n) is 5.78. The van der Waals surface area contributed by atoms with Crippen molar-refractivity contribution in [3.63, 3.8) is 0 Å². The van der Waals surface area contributed by atoms with E-state index >= 15 is 0 Å². The zero-order chi connectivity index (χ0) is 6.78. The lowest BCUT2D eigenvalue weighted by Gasteiger charge is -2.16. The average molecular weight is 111 g/mol. The van der Waals surface area contributed by atoms with Gasteiger partial charge in [-0.1, -0.05) is 6.58 Å². The molecular weight excluding hydrogens is 98.1 g/mol. The molecule has 0 saturated carbocycles. The van der Waals surface area contributed by atoms with Gasteiger partial charge in [-0.05, 0) is 26.3 Å². The molecule has 0 atom stereocenters. The molecule has 0 unspecified atom stereocenters. The van der Waals surface area contributed by atoms with Crippen LogP contribution in [0.15, 0.2) is 17.9 Å². The van der Waals surface area contributed by atoms with Crippen LogP contribution in [-0.2, 0) is 0 Å². The van der Waals surface area contributed by atoms with Crippen LogP contribution in [-0.4, -0.2) is 5.54 Å². The average Bonchev–Trinajstić information content (AvgIpc) is 1.62. The molecule has 2 N–H and O–H groups in total. The summed E-state index contributed by atoms with van der Waals surface area (Å²) < 4.78 is 0. The van der Waals surface area contributed by atoms with Crippen molar-refractivity contribution in [3.8, 4) is 0 Å². The largest absolute Gasteiger partial charge is 0.322 e. The number of hydrogen-bond donors (Lipinski definition) is 1. The number of hydrogen-bond acceptors (Lipinski definition) is 1. The van der Waals surface area contributed by atoms with Crippen molar-refractivity contribution in [2.24, 2.45) is 5.73 Å². The highest BCUT2D eigenvalue weighted by Crippen LogP contribution is 2.07. The molecule has 0 spiro atoms. The van der Waals surface area contributed by atoms with Crippen LogP contribution >= 0.6 is 0 Å². The molecule has 0 radical (unpaired) electrons. The van der Waals surface area contributed by atoms with Crippen LogP contribution in [0.25, 0.3) is 0 Å². The lowest BCUT2D eigenvalue weighted by atomic mass is 9.98. The fourth-order valence-electron chi connectivity index (χ4n) is 0.228. The van der Waals surface area contributed by atoms with E-state index in [2.05, 4.69) is 12.3 Å². The van der Waals surface area contributed by atoms with Crippen LogP contribution in [0.5, 0.6) is 0 Å². The van der Waals surface area contributed by atoms with Gasteiger partial charge in [0.15, 0.2) is 0 Å². The molecule has 0 rings (SSSR count). The van der Waals surface area contributed by atoms with E-state index in [-0.39, 0.29) is 5.54 Å². The van der Waals surface area contributed by atoms with Gasteiger partial charge in [0.2, 0.25) is 0 Å². The SMILES string of the molecule is C=C=C(C)C(C)(C)N. The summed E-state index contributed by atoms with van der Waals surface area (Å²) in [7, 11) is 0. The van der Waals surface area contributed by atoms with Gasteiger partial charge in [-0.25, -0.2) is 0 Å². The van der Waals surface area contributed by atoms with Gasteiger partial charge < -0.3 is 5.73 Å². The van der Waals surface area contributed by atoms with Crippen LogP contribution in [0.3, 0.4) is 0 Å². The van der Waals surface area contributed by atoms with Crippen LogP contribution in [0.2, 0.25) is 0 Å². The van der Waals surface area contributed by atoms with Gasteiger partial charge in [0, 0.05) is 5.54 Å². The molecule has 0 amide bonds.